The lowest BCUT2D eigenvalue weighted by Gasteiger charge is -2.07. The van der Waals surface area contributed by atoms with Gasteiger partial charge >= 0.3 is 5.97 Å². The van der Waals surface area contributed by atoms with Crippen molar-refractivity contribution in [3.05, 3.63) is 57.7 Å². The normalized spacial score (nSPS) is 10.8. The van der Waals surface area contributed by atoms with Crippen LogP contribution in [0.5, 0.6) is 0 Å². The molecule has 0 atom stereocenters. The molecule has 0 N–H and O–H groups in total. The van der Waals surface area contributed by atoms with E-state index < -0.39 is 0 Å². The first kappa shape index (κ1) is 13.7. The van der Waals surface area contributed by atoms with Gasteiger partial charge in [-0.05, 0) is 26.0 Å². The first-order valence-corrected chi connectivity index (χ1v) is 7.46. The number of fused-ring (bicyclic) bond motifs is 1. The molecule has 0 aliphatic heterocycles. The fraction of sp³-hybridized carbons (Fsp3) is 0.188. The van der Waals surface area contributed by atoms with Gasteiger partial charge in [0.15, 0.2) is 0 Å². The topological polar surface area (TPSA) is 52.1 Å². The summed E-state index contributed by atoms with van der Waals surface area (Å²) in [7, 11) is 0. The highest BCUT2D eigenvalue weighted by atomic mass is 32.1. The Labute approximate surface area is 126 Å². The predicted octanol–water partition coefficient (Wildman–Crippen LogP) is 3.67. The van der Waals surface area contributed by atoms with Crippen molar-refractivity contribution in [2.75, 3.05) is 0 Å². The van der Waals surface area contributed by atoms with E-state index in [0.29, 0.717) is 5.56 Å². The van der Waals surface area contributed by atoms with Crippen LogP contribution in [0.25, 0.3) is 10.9 Å². The van der Waals surface area contributed by atoms with Crippen LogP contribution in [0.15, 0.2) is 35.7 Å². The largest absolute Gasteiger partial charge is 0.456 e. The molecule has 4 nitrogen and oxygen atoms in total. The number of carbonyl (C=O) groups is 1. The Kier molecular flexibility index (Phi) is 3.66. The van der Waals surface area contributed by atoms with E-state index in [9.17, 15) is 4.79 Å². The second kappa shape index (κ2) is 5.61. The lowest BCUT2D eigenvalue weighted by atomic mass is 10.1. The molecule has 21 heavy (non-hydrogen) atoms. The smallest absolute Gasteiger partial charge is 0.339 e. The predicted molar refractivity (Wildman–Crippen MR) is 82.5 cm³/mol. The minimum atomic E-state index is -0.345. The van der Waals surface area contributed by atoms with E-state index in [1.165, 1.54) is 0 Å². The number of benzene rings is 1. The maximum atomic E-state index is 12.3. The molecule has 0 amide bonds. The van der Waals surface area contributed by atoms with Crippen molar-refractivity contribution in [3.63, 3.8) is 0 Å². The first-order valence-electron chi connectivity index (χ1n) is 6.58. The van der Waals surface area contributed by atoms with Crippen LogP contribution < -0.4 is 0 Å². The van der Waals surface area contributed by atoms with Gasteiger partial charge in [-0.2, -0.15) is 0 Å². The number of para-hydroxylation sites is 1. The molecule has 5 heteroatoms. The van der Waals surface area contributed by atoms with Gasteiger partial charge in [-0.3, -0.25) is 4.98 Å². The summed E-state index contributed by atoms with van der Waals surface area (Å²) in [5.74, 6) is -0.345. The highest BCUT2D eigenvalue weighted by Gasteiger charge is 2.13. The second-order valence-corrected chi connectivity index (χ2v) is 5.82. The van der Waals surface area contributed by atoms with Crippen LogP contribution in [0.4, 0.5) is 0 Å². The third-order valence-electron chi connectivity index (χ3n) is 3.08. The zero-order chi connectivity index (χ0) is 14.8. The van der Waals surface area contributed by atoms with E-state index in [0.717, 1.165) is 27.3 Å². The lowest BCUT2D eigenvalue weighted by Crippen LogP contribution is -2.07. The molecule has 0 spiro atoms. The minimum Gasteiger partial charge on any atom is -0.456 e. The Morgan fingerprint density at radius 3 is 2.81 bits per heavy atom. The minimum absolute atomic E-state index is 0.193. The zero-order valence-corrected chi connectivity index (χ0v) is 12.6. The summed E-state index contributed by atoms with van der Waals surface area (Å²) in [5, 5.41) is 3.67. The summed E-state index contributed by atoms with van der Waals surface area (Å²) in [4.78, 5) is 21.0. The Hall–Kier alpha value is -2.27. The summed E-state index contributed by atoms with van der Waals surface area (Å²) >= 11 is 1.54. The third kappa shape index (κ3) is 2.92. The molecule has 2 aromatic heterocycles. The highest BCUT2D eigenvalue weighted by Crippen LogP contribution is 2.19. The number of thiazole rings is 1. The van der Waals surface area contributed by atoms with Crippen molar-refractivity contribution in [1.82, 2.24) is 9.97 Å². The number of pyridine rings is 1. The van der Waals surface area contributed by atoms with Crippen molar-refractivity contribution in [2.45, 2.75) is 20.5 Å². The molecule has 0 unspecified atom stereocenters. The molecule has 0 radical (unpaired) electrons. The molecular formula is C16H14N2O2S. The zero-order valence-electron chi connectivity index (χ0n) is 11.8. The average molecular weight is 298 g/mol. The summed E-state index contributed by atoms with van der Waals surface area (Å²) < 4.78 is 5.37. The number of esters is 1. The molecule has 0 bridgehead atoms. The summed E-state index contributed by atoms with van der Waals surface area (Å²) in [6.45, 7) is 3.99. The van der Waals surface area contributed by atoms with Gasteiger partial charge in [0, 0.05) is 16.5 Å². The number of ether oxygens (including phenoxy) is 1. The van der Waals surface area contributed by atoms with Crippen LogP contribution in [0.1, 0.15) is 26.8 Å². The maximum Gasteiger partial charge on any atom is 0.339 e. The van der Waals surface area contributed by atoms with Gasteiger partial charge < -0.3 is 4.74 Å². The molecule has 0 saturated heterocycles. The number of aryl methyl sites for hydroxylation is 2. The molecular weight excluding hydrogens is 284 g/mol. The van der Waals surface area contributed by atoms with Gasteiger partial charge in [-0.15, -0.1) is 11.3 Å². The Morgan fingerprint density at radius 2 is 2.05 bits per heavy atom. The average Bonchev–Trinajstić information content (AvgIpc) is 2.89. The van der Waals surface area contributed by atoms with Crippen molar-refractivity contribution in [2.24, 2.45) is 0 Å². The number of aromatic nitrogens is 2. The van der Waals surface area contributed by atoms with E-state index in [-0.39, 0.29) is 12.6 Å². The standard InChI is InChI=1S/C16H14N2O2S/c1-10-7-14(13-5-3-4-6-15(13)17-10)16(19)20-8-12-9-21-11(2)18-12/h3-7,9H,8H2,1-2H3. The summed E-state index contributed by atoms with van der Waals surface area (Å²) in [6, 6.07) is 9.33. The van der Waals surface area contributed by atoms with Crippen LogP contribution >= 0.6 is 11.3 Å². The van der Waals surface area contributed by atoms with Gasteiger partial charge in [0.25, 0.3) is 0 Å². The second-order valence-electron chi connectivity index (χ2n) is 4.76. The third-order valence-corrected chi connectivity index (χ3v) is 3.90. The monoisotopic (exact) mass is 298 g/mol. The Morgan fingerprint density at radius 1 is 1.24 bits per heavy atom. The van der Waals surface area contributed by atoms with Gasteiger partial charge in [0.05, 0.1) is 21.8 Å². The molecule has 0 saturated carbocycles. The Balaban J connectivity index is 1.87. The molecule has 0 aliphatic rings. The molecule has 1 aromatic carbocycles. The van der Waals surface area contributed by atoms with Crippen molar-refractivity contribution >= 4 is 28.2 Å². The number of carbonyl (C=O) groups excluding carboxylic acids is 1. The fourth-order valence-electron chi connectivity index (χ4n) is 2.17. The van der Waals surface area contributed by atoms with E-state index in [1.54, 1.807) is 17.4 Å². The molecule has 0 fully saturated rings. The van der Waals surface area contributed by atoms with Crippen LogP contribution in [-0.4, -0.2) is 15.9 Å². The van der Waals surface area contributed by atoms with Crippen LogP contribution in [-0.2, 0) is 11.3 Å². The van der Waals surface area contributed by atoms with Crippen LogP contribution in [0.2, 0.25) is 0 Å². The van der Waals surface area contributed by atoms with Gasteiger partial charge in [0.2, 0.25) is 0 Å². The molecule has 3 rings (SSSR count). The molecule has 3 aromatic rings. The highest BCUT2D eigenvalue weighted by molar-refractivity contribution is 7.09. The number of nitrogens with zero attached hydrogens (tertiary/aromatic N) is 2. The summed E-state index contributed by atoms with van der Waals surface area (Å²) in [6.07, 6.45) is 0. The maximum absolute atomic E-state index is 12.3. The summed E-state index contributed by atoms with van der Waals surface area (Å²) in [5.41, 5.74) is 2.92. The fourth-order valence-corrected chi connectivity index (χ4v) is 2.77. The molecule has 2 heterocycles. The SMILES string of the molecule is Cc1cc(C(=O)OCc2csc(C)n2)c2ccccc2n1. The van der Waals surface area contributed by atoms with Gasteiger partial charge in [-0.25, -0.2) is 9.78 Å². The van der Waals surface area contributed by atoms with E-state index in [4.69, 9.17) is 4.74 Å². The Bertz CT molecular complexity index is 811. The van der Waals surface area contributed by atoms with E-state index >= 15 is 0 Å². The molecule has 106 valence electrons. The lowest BCUT2D eigenvalue weighted by molar-refractivity contribution is 0.0470. The number of hydrogen-bond acceptors (Lipinski definition) is 5. The van der Waals surface area contributed by atoms with E-state index in [1.807, 2.05) is 43.5 Å². The number of rotatable bonds is 3. The van der Waals surface area contributed by atoms with Crippen LogP contribution in [0, 0.1) is 13.8 Å². The van der Waals surface area contributed by atoms with E-state index in [2.05, 4.69) is 9.97 Å². The van der Waals surface area contributed by atoms with Gasteiger partial charge in [-0.1, -0.05) is 18.2 Å². The first-order chi connectivity index (χ1) is 10.1. The number of hydrogen-bond donors (Lipinski definition) is 0. The van der Waals surface area contributed by atoms with Crippen molar-refractivity contribution in [3.8, 4) is 0 Å². The van der Waals surface area contributed by atoms with Crippen LogP contribution in [0.3, 0.4) is 0 Å². The van der Waals surface area contributed by atoms with Crippen molar-refractivity contribution < 1.29 is 9.53 Å². The van der Waals surface area contributed by atoms with Crippen molar-refractivity contribution in [1.29, 1.82) is 0 Å². The molecule has 0 aliphatic carbocycles. The van der Waals surface area contributed by atoms with Gasteiger partial charge in [0.1, 0.15) is 6.61 Å². The quantitative estimate of drug-likeness (QED) is 0.692.